The highest BCUT2D eigenvalue weighted by Crippen LogP contribution is 2.26. The first-order chi connectivity index (χ1) is 13.1. The second-order valence-electron chi connectivity index (χ2n) is 7.53. The van der Waals surface area contributed by atoms with Gasteiger partial charge in [-0.05, 0) is 74.3 Å². The van der Waals surface area contributed by atoms with Gasteiger partial charge in [-0.3, -0.25) is 4.79 Å². The van der Waals surface area contributed by atoms with Crippen LogP contribution in [0.5, 0.6) is 5.75 Å². The Hall–Kier alpha value is -2.29. The summed E-state index contributed by atoms with van der Waals surface area (Å²) >= 11 is 0. The highest BCUT2D eigenvalue weighted by atomic mass is 16.5. The summed E-state index contributed by atoms with van der Waals surface area (Å²) in [4.78, 5) is 12.8. The lowest BCUT2D eigenvalue weighted by Crippen LogP contribution is -2.40. The summed E-state index contributed by atoms with van der Waals surface area (Å²) < 4.78 is 5.94. The van der Waals surface area contributed by atoms with Crippen LogP contribution < -0.4 is 10.1 Å². The summed E-state index contributed by atoms with van der Waals surface area (Å²) in [6.45, 7) is 6.14. The van der Waals surface area contributed by atoms with Crippen molar-refractivity contribution in [3.05, 3.63) is 64.7 Å². The van der Waals surface area contributed by atoms with Gasteiger partial charge in [-0.2, -0.15) is 0 Å². The molecule has 3 heteroatoms. The molecular formula is C24H31NO2. The molecule has 27 heavy (non-hydrogen) atoms. The number of ether oxygens (including phenoxy) is 1. The van der Waals surface area contributed by atoms with Crippen LogP contribution in [0.25, 0.3) is 0 Å². The maximum absolute atomic E-state index is 12.8. The summed E-state index contributed by atoms with van der Waals surface area (Å²) in [5.74, 6) is 0.701. The number of fused-ring (bicyclic) bond motifs is 1. The molecule has 1 aliphatic rings. The maximum atomic E-state index is 12.8. The van der Waals surface area contributed by atoms with E-state index in [0.717, 1.165) is 18.6 Å². The Kier molecular flexibility index (Phi) is 6.54. The van der Waals surface area contributed by atoms with E-state index in [0.29, 0.717) is 6.42 Å². The van der Waals surface area contributed by atoms with E-state index in [9.17, 15) is 4.79 Å². The van der Waals surface area contributed by atoms with Crippen LogP contribution in [0, 0.1) is 6.92 Å². The number of hydrogen-bond acceptors (Lipinski definition) is 2. The third-order valence-electron chi connectivity index (χ3n) is 5.46. The molecule has 0 bridgehead atoms. The van der Waals surface area contributed by atoms with Gasteiger partial charge < -0.3 is 10.1 Å². The summed E-state index contributed by atoms with van der Waals surface area (Å²) in [6.07, 6.45) is 5.92. The SMILES string of the molecule is CC[C@H](Oc1ccc(C)cc1)C(=O)N[C@H](CC)c1ccc2c(c1)CCCC2. The van der Waals surface area contributed by atoms with Crippen molar-refractivity contribution in [3.63, 3.8) is 0 Å². The summed E-state index contributed by atoms with van der Waals surface area (Å²) in [5, 5.41) is 3.21. The van der Waals surface area contributed by atoms with Crippen molar-refractivity contribution in [1.82, 2.24) is 5.32 Å². The smallest absolute Gasteiger partial charge is 0.261 e. The van der Waals surface area contributed by atoms with Gasteiger partial charge in [0.15, 0.2) is 6.10 Å². The highest BCUT2D eigenvalue weighted by molar-refractivity contribution is 5.81. The van der Waals surface area contributed by atoms with Gasteiger partial charge in [-0.15, -0.1) is 0 Å². The van der Waals surface area contributed by atoms with E-state index in [1.807, 2.05) is 38.1 Å². The number of aryl methyl sites for hydroxylation is 3. The molecule has 0 heterocycles. The van der Waals surface area contributed by atoms with Crippen LogP contribution in [0.3, 0.4) is 0 Å². The second kappa shape index (κ2) is 9.07. The molecule has 0 radical (unpaired) electrons. The molecule has 1 amide bonds. The Balaban J connectivity index is 1.68. The predicted molar refractivity (Wildman–Crippen MR) is 110 cm³/mol. The zero-order valence-electron chi connectivity index (χ0n) is 16.8. The van der Waals surface area contributed by atoms with Crippen molar-refractivity contribution < 1.29 is 9.53 Å². The largest absolute Gasteiger partial charge is 0.481 e. The third kappa shape index (κ3) is 4.91. The Morgan fingerprint density at radius 1 is 1.00 bits per heavy atom. The van der Waals surface area contributed by atoms with Gasteiger partial charge in [0.25, 0.3) is 5.91 Å². The number of carbonyl (C=O) groups is 1. The first kappa shape index (κ1) is 19.5. The topological polar surface area (TPSA) is 38.3 Å². The van der Waals surface area contributed by atoms with E-state index in [1.54, 1.807) is 0 Å². The Labute approximate surface area is 163 Å². The molecule has 0 saturated carbocycles. The van der Waals surface area contributed by atoms with Crippen molar-refractivity contribution >= 4 is 5.91 Å². The minimum absolute atomic E-state index is 0.0281. The van der Waals surface area contributed by atoms with E-state index < -0.39 is 6.10 Å². The maximum Gasteiger partial charge on any atom is 0.261 e. The fraction of sp³-hybridized carbons (Fsp3) is 0.458. The Bertz CT molecular complexity index is 766. The van der Waals surface area contributed by atoms with E-state index in [4.69, 9.17) is 4.74 Å². The fourth-order valence-corrected chi connectivity index (χ4v) is 3.76. The fourth-order valence-electron chi connectivity index (χ4n) is 3.76. The van der Waals surface area contributed by atoms with Crippen molar-refractivity contribution in [2.45, 2.75) is 71.4 Å². The van der Waals surface area contributed by atoms with Crippen molar-refractivity contribution in [1.29, 1.82) is 0 Å². The van der Waals surface area contributed by atoms with E-state index in [-0.39, 0.29) is 11.9 Å². The summed E-state index contributed by atoms with van der Waals surface area (Å²) in [6, 6.07) is 14.6. The van der Waals surface area contributed by atoms with Crippen LogP contribution in [0.4, 0.5) is 0 Å². The Morgan fingerprint density at radius 2 is 1.70 bits per heavy atom. The van der Waals surface area contributed by atoms with Gasteiger partial charge >= 0.3 is 0 Å². The van der Waals surface area contributed by atoms with E-state index in [2.05, 4.69) is 30.4 Å². The van der Waals surface area contributed by atoms with Crippen molar-refractivity contribution in [2.24, 2.45) is 0 Å². The van der Waals surface area contributed by atoms with Crippen LogP contribution in [-0.4, -0.2) is 12.0 Å². The van der Waals surface area contributed by atoms with Gasteiger partial charge in [-0.1, -0.05) is 49.7 Å². The molecule has 3 nitrogen and oxygen atoms in total. The van der Waals surface area contributed by atoms with Gasteiger partial charge in [0, 0.05) is 0 Å². The number of amides is 1. The number of hydrogen-bond donors (Lipinski definition) is 1. The average Bonchev–Trinajstić information content (AvgIpc) is 2.71. The lowest BCUT2D eigenvalue weighted by Gasteiger charge is -2.24. The lowest BCUT2D eigenvalue weighted by atomic mass is 9.88. The minimum atomic E-state index is -0.473. The normalized spacial score (nSPS) is 15.5. The molecule has 0 aromatic heterocycles. The molecule has 3 rings (SSSR count). The van der Waals surface area contributed by atoms with Crippen LogP contribution in [0.2, 0.25) is 0 Å². The van der Waals surface area contributed by atoms with Gasteiger partial charge in [0.2, 0.25) is 0 Å². The molecule has 2 aromatic carbocycles. The number of carbonyl (C=O) groups excluding carboxylic acids is 1. The third-order valence-corrected chi connectivity index (χ3v) is 5.46. The zero-order valence-corrected chi connectivity index (χ0v) is 16.8. The molecule has 0 saturated heterocycles. The van der Waals surface area contributed by atoms with E-state index in [1.165, 1.54) is 41.5 Å². The van der Waals surface area contributed by atoms with Crippen LogP contribution in [0.15, 0.2) is 42.5 Å². The molecule has 0 aliphatic heterocycles. The summed E-state index contributed by atoms with van der Waals surface area (Å²) in [7, 11) is 0. The van der Waals surface area contributed by atoms with Crippen LogP contribution in [0.1, 0.15) is 67.8 Å². The molecule has 0 fully saturated rings. The molecular weight excluding hydrogens is 334 g/mol. The molecule has 0 unspecified atom stereocenters. The van der Waals surface area contributed by atoms with Crippen molar-refractivity contribution in [3.8, 4) is 5.75 Å². The highest BCUT2D eigenvalue weighted by Gasteiger charge is 2.22. The second-order valence-corrected chi connectivity index (χ2v) is 7.53. The summed E-state index contributed by atoms with van der Waals surface area (Å²) in [5.41, 5.74) is 5.31. The molecule has 1 aliphatic carbocycles. The number of benzene rings is 2. The first-order valence-electron chi connectivity index (χ1n) is 10.3. The minimum Gasteiger partial charge on any atom is -0.481 e. The van der Waals surface area contributed by atoms with Crippen LogP contribution >= 0.6 is 0 Å². The quantitative estimate of drug-likeness (QED) is 0.723. The van der Waals surface area contributed by atoms with Gasteiger partial charge in [0.05, 0.1) is 6.04 Å². The number of nitrogens with one attached hydrogen (secondary N) is 1. The molecule has 0 spiro atoms. The van der Waals surface area contributed by atoms with Crippen LogP contribution in [-0.2, 0) is 17.6 Å². The van der Waals surface area contributed by atoms with Crippen molar-refractivity contribution in [2.75, 3.05) is 0 Å². The zero-order chi connectivity index (χ0) is 19.2. The predicted octanol–water partition coefficient (Wildman–Crippen LogP) is 5.30. The van der Waals surface area contributed by atoms with E-state index >= 15 is 0 Å². The lowest BCUT2D eigenvalue weighted by molar-refractivity contribution is -0.128. The molecule has 144 valence electrons. The molecule has 2 atom stereocenters. The monoisotopic (exact) mass is 365 g/mol. The molecule has 1 N–H and O–H groups in total. The molecule has 2 aromatic rings. The van der Waals surface area contributed by atoms with Gasteiger partial charge in [0.1, 0.15) is 5.75 Å². The average molecular weight is 366 g/mol. The first-order valence-corrected chi connectivity index (χ1v) is 10.3. The van der Waals surface area contributed by atoms with Gasteiger partial charge in [-0.25, -0.2) is 0 Å². The Morgan fingerprint density at radius 3 is 2.37 bits per heavy atom. The standard InChI is InChI=1S/C24H31NO2/c1-4-22(20-13-12-18-8-6-7-9-19(18)16-20)25-24(26)23(5-2)27-21-14-10-17(3)11-15-21/h10-16,22-23H,4-9H2,1-3H3,(H,25,26)/t22-,23+/m1/s1. The number of rotatable bonds is 7.